The highest BCUT2D eigenvalue weighted by Crippen LogP contribution is 2.48. The number of hydrogen-bond donors (Lipinski definition) is 3. The second-order valence-corrected chi connectivity index (χ2v) is 11.2. The first-order chi connectivity index (χ1) is 19.1. The Morgan fingerprint density at radius 3 is 2.72 bits per heavy atom. The molecular weight excluding hydrogens is 512 g/mol. The molecule has 1 aliphatic heterocycles. The van der Waals surface area contributed by atoms with Gasteiger partial charge in [0.05, 0.1) is 17.9 Å². The van der Waals surface area contributed by atoms with E-state index in [4.69, 9.17) is 16.6 Å². The fourth-order valence-corrected chi connectivity index (χ4v) is 5.73. The molecule has 1 aromatic carbocycles. The summed E-state index contributed by atoms with van der Waals surface area (Å²) < 4.78 is 2.18. The summed E-state index contributed by atoms with van der Waals surface area (Å²) >= 11 is 6.12. The van der Waals surface area contributed by atoms with Gasteiger partial charge in [0.2, 0.25) is 5.91 Å². The third kappa shape index (κ3) is 5.29. The lowest BCUT2D eigenvalue weighted by Gasteiger charge is -2.30. The van der Waals surface area contributed by atoms with Gasteiger partial charge in [-0.3, -0.25) is 4.79 Å². The third-order valence-corrected chi connectivity index (χ3v) is 8.12. The predicted molar refractivity (Wildman–Crippen MR) is 153 cm³/mol. The number of hydrogen-bond acceptors (Lipinski definition) is 7. The van der Waals surface area contributed by atoms with E-state index in [1.807, 2.05) is 24.3 Å². The van der Waals surface area contributed by atoms with Crippen LogP contribution in [0.4, 0.5) is 17.3 Å². The Bertz CT molecular complexity index is 1530. The van der Waals surface area contributed by atoms with Crippen molar-refractivity contribution in [3.63, 3.8) is 0 Å². The van der Waals surface area contributed by atoms with Crippen molar-refractivity contribution < 1.29 is 4.79 Å². The first-order valence-electron chi connectivity index (χ1n) is 13.7. The lowest BCUT2D eigenvalue weighted by Crippen LogP contribution is -2.43. The summed E-state index contributed by atoms with van der Waals surface area (Å²) in [6.07, 6.45) is 9.16. The third-order valence-electron chi connectivity index (χ3n) is 7.88. The quantitative estimate of drug-likeness (QED) is 0.303. The SMILES string of the molecule is O=C(Nc1cc(NCc2cn3cc(C4CC4)cc(N4CCNCC4)c3n2)ncn1)[C@H]1C[C@@H]1c1cccc(Cl)c1. The minimum atomic E-state index is -0.0711. The van der Waals surface area contributed by atoms with E-state index >= 15 is 0 Å². The first-order valence-corrected chi connectivity index (χ1v) is 14.1. The van der Waals surface area contributed by atoms with Crippen LogP contribution in [0.5, 0.6) is 0 Å². The molecule has 2 saturated carbocycles. The minimum Gasteiger partial charge on any atom is -0.366 e. The molecule has 10 heteroatoms. The highest BCUT2D eigenvalue weighted by Gasteiger charge is 2.44. The van der Waals surface area contributed by atoms with Crippen LogP contribution in [-0.4, -0.2) is 51.4 Å². The van der Waals surface area contributed by atoms with Gasteiger partial charge in [0.15, 0.2) is 5.65 Å². The van der Waals surface area contributed by atoms with Gasteiger partial charge in [-0.05, 0) is 60.4 Å². The van der Waals surface area contributed by atoms with E-state index in [9.17, 15) is 4.79 Å². The average molecular weight is 543 g/mol. The maximum Gasteiger partial charge on any atom is 0.229 e. The van der Waals surface area contributed by atoms with Crippen LogP contribution < -0.4 is 20.9 Å². The van der Waals surface area contributed by atoms with Crippen molar-refractivity contribution in [2.45, 2.75) is 37.6 Å². The number of nitrogens with one attached hydrogen (secondary N) is 3. The van der Waals surface area contributed by atoms with Gasteiger partial charge in [0.25, 0.3) is 0 Å². The minimum absolute atomic E-state index is 0.0307. The molecular formula is C29H31ClN8O. The molecule has 7 rings (SSSR count). The van der Waals surface area contributed by atoms with E-state index in [0.717, 1.165) is 49.5 Å². The zero-order valence-electron chi connectivity index (χ0n) is 21.6. The lowest BCUT2D eigenvalue weighted by molar-refractivity contribution is -0.117. The number of pyridine rings is 1. The number of benzene rings is 1. The molecule has 200 valence electrons. The van der Waals surface area contributed by atoms with Crippen LogP contribution >= 0.6 is 11.6 Å². The van der Waals surface area contributed by atoms with Crippen molar-refractivity contribution in [1.82, 2.24) is 24.7 Å². The summed E-state index contributed by atoms with van der Waals surface area (Å²) in [5.41, 5.74) is 5.65. The van der Waals surface area contributed by atoms with Crippen LogP contribution in [0.25, 0.3) is 5.65 Å². The maximum atomic E-state index is 12.8. The van der Waals surface area contributed by atoms with E-state index in [0.29, 0.717) is 29.1 Å². The number of piperazine rings is 1. The number of rotatable bonds is 8. The monoisotopic (exact) mass is 542 g/mol. The standard InChI is InChI=1S/C29H31ClN8O/c30-21-3-1-2-19(10-21)23-12-24(23)29(39)36-27-13-26(33-17-34-27)32-14-22-16-38-15-20(18-4-5-18)11-25(28(38)35-22)37-8-6-31-7-9-37/h1-3,10-11,13,15-18,23-24,31H,4-9,12,14H2,(H2,32,33,34,36,39)/t23-,24+/m1/s1. The number of nitrogens with zero attached hydrogens (tertiary/aromatic N) is 5. The number of aromatic nitrogens is 4. The lowest BCUT2D eigenvalue weighted by atomic mass is 10.1. The molecule has 1 saturated heterocycles. The van der Waals surface area contributed by atoms with Crippen LogP contribution in [0.3, 0.4) is 0 Å². The van der Waals surface area contributed by atoms with Crippen LogP contribution in [0.2, 0.25) is 5.02 Å². The Morgan fingerprint density at radius 1 is 1.05 bits per heavy atom. The van der Waals surface area contributed by atoms with Gasteiger partial charge < -0.3 is 25.3 Å². The second kappa shape index (κ2) is 10.1. The molecule has 9 nitrogen and oxygen atoms in total. The molecule has 0 bridgehead atoms. The molecule has 1 amide bonds. The smallest absolute Gasteiger partial charge is 0.229 e. The Balaban J connectivity index is 1.03. The highest BCUT2D eigenvalue weighted by atomic mass is 35.5. The summed E-state index contributed by atoms with van der Waals surface area (Å²) in [6, 6.07) is 11.8. The normalized spacial score (nSPS) is 20.7. The Morgan fingerprint density at radius 2 is 1.90 bits per heavy atom. The molecule has 3 fully saturated rings. The van der Waals surface area contributed by atoms with Crippen LogP contribution in [-0.2, 0) is 11.3 Å². The van der Waals surface area contributed by atoms with E-state index in [1.165, 1.54) is 30.4 Å². The fourth-order valence-electron chi connectivity index (χ4n) is 5.53. The summed E-state index contributed by atoms with van der Waals surface area (Å²) in [4.78, 5) is 28.9. The second-order valence-electron chi connectivity index (χ2n) is 10.8. The summed E-state index contributed by atoms with van der Waals surface area (Å²) in [6.45, 7) is 4.47. The summed E-state index contributed by atoms with van der Waals surface area (Å²) in [5, 5.41) is 10.4. The number of imidazole rings is 1. The molecule has 3 aromatic heterocycles. The molecule has 3 aliphatic rings. The molecule has 39 heavy (non-hydrogen) atoms. The number of halogens is 1. The molecule has 2 atom stereocenters. The number of carbonyl (C=O) groups is 1. The highest BCUT2D eigenvalue weighted by molar-refractivity contribution is 6.30. The van der Waals surface area contributed by atoms with Crippen molar-refractivity contribution in [3.05, 3.63) is 77.0 Å². The van der Waals surface area contributed by atoms with Gasteiger partial charge in [0.1, 0.15) is 18.0 Å². The van der Waals surface area contributed by atoms with Crippen molar-refractivity contribution in [1.29, 1.82) is 0 Å². The van der Waals surface area contributed by atoms with Gasteiger partial charge in [-0.25, -0.2) is 15.0 Å². The molecule has 0 unspecified atom stereocenters. The summed E-state index contributed by atoms with van der Waals surface area (Å²) in [5.74, 6) is 1.89. The molecule has 4 heterocycles. The number of carbonyl (C=O) groups excluding carboxylic acids is 1. The van der Waals surface area contributed by atoms with Crippen molar-refractivity contribution in [3.8, 4) is 0 Å². The van der Waals surface area contributed by atoms with E-state index < -0.39 is 0 Å². The van der Waals surface area contributed by atoms with Gasteiger partial charge in [0, 0.05) is 55.6 Å². The molecule has 0 spiro atoms. The van der Waals surface area contributed by atoms with Gasteiger partial charge in [-0.15, -0.1) is 0 Å². The van der Waals surface area contributed by atoms with Crippen LogP contribution in [0.1, 0.15) is 47.9 Å². The van der Waals surface area contributed by atoms with Crippen molar-refractivity contribution in [2.75, 3.05) is 41.7 Å². The Labute approximate surface area is 232 Å². The fraction of sp³-hybridized carbons (Fsp3) is 0.379. The van der Waals surface area contributed by atoms with E-state index in [1.54, 1.807) is 6.07 Å². The average Bonchev–Trinajstić information content (AvgIpc) is 3.88. The Kier molecular flexibility index (Phi) is 6.33. The number of anilines is 3. The molecule has 2 aliphatic carbocycles. The van der Waals surface area contributed by atoms with Gasteiger partial charge in [-0.1, -0.05) is 23.7 Å². The molecule has 4 aromatic rings. The Hall–Kier alpha value is -3.69. The molecule has 3 N–H and O–H groups in total. The van der Waals surface area contributed by atoms with Gasteiger partial charge in [-0.2, -0.15) is 0 Å². The first kappa shape index (κ1) is 24.4. The maximum absolute atomic E-state index is 12.8. The zero-order chi connectivity index (χ0) is 26.3. The van der Waals surface area contributed by atoms with E-state index in [-0.39, 0.29) is 17.7 Å². The topological polar surface area (TPSA) is 99.5 Å². The predicted octanol–water partition coefficient (Wildman–Crippen LogP) is 4.42. The number of amides is 1. The number of fused-ring (bicyclic) bond motifs is 1. The van der Waals surface area contributed by atoms with E-state index in [2.05, 4.69) is 53.7 Å². The van der Waals surface area contributed by atoms with Crippen molar-refractivity contribution >= 4 is 40.5 Å². The largest absolute Gasteiger partial charge is 0.366 e. The van der Waals surface area contributed by atoms with Crippen LogP contribution in [0.15, 0.2) is 55.1 Å². The van der Waals surface area contributed by atoms with Crippen molar-refractivity contribution in [2.24, 2.45) is 5.92 Å². The summed E-state index contributed by atoms with van der Waals surface area (Å²) in [7, 11) is 0. The van der Waals surface area contributed by atoms with Crippen LogP contribution in [0, 0.1) is 5.92 Å². The zero-order valence-corrected chi connectivity index (χ0v) is 22.4. The van der Waals surface area contributed by atoms with Gasteiger partial charge >= 0.3 is 0 Å². The molecule has 0 radical (unpaired) electrons.